The summed E-state index contributed by atoms with van der Waals surface area (Å²) in [6.07, 6.45) is -3.35. The van der Waals surface area contributed by atoms with E-state index in [1.165, 1.54) is 6.07 Å². The molecule has 0 unspecified atom stereocenters. The Labute approximate surface area is 134 Å². The van der Waals surface area contributed by atoms with Gasteiger partial charge >= 0.3 is 16.4 Å². The highest BCUT2D eigenvalue weighted by molar-refractivity contribution is 7.86. The van der Waals surface area contributed by atoms with E-state index in [2.05, 4.69) is 10.1 Å². The van der Waals surface area contributed by atoms with Gasteiger partial charge in [0.05, 0.1) is 5.69 Å². The van der Waals surface area contributed by atoms with Gasteiger partial charge in [-0.15, -0.1) is 8.98 Å². The SMILES string of the molecule is Cc1cc(C2CC2)c(S(=O)(=O)F)cc1-n1nc(C(F)(F)F)nc1N. The lowest BCUT2D eigenvalue weighted by Crippen LogP contribution is -2.10. The third-order valence-electron chi connectivity index (χ3n) is 3.72. The van der Waals surface area contributed by atoms with E-state index in [1.807, 2.05) is 0 Å². The number of nitrogen functional groups attached to an aromatic ring is 1. The number of alkyl halides is 3. The van der Waals surface area contributed by atoms with Crippen molar-refractivity contribution in [1.82, 2.24) is 14.8 Å². The van der Waals surface area contributed by atoms with E-state index in [0.717, 1.165) is 18.9 Å². The van der Waals surface area contributed by atoms with Crippen LogP contribution in [0.2, 0.25) is 0 Å². The molecule has 0 bridgehead atoms. The standard InChI is InChI=1S/C13H12F4N4O2S/c1-6-4-8(7-2-3-7)10(24(17,22)23)5-9(6)21-12(18)19-11(20-21)13(14,15)16/h4-5,7H,2-3H2,1H3,(H2,18,19,20). The molecule has 6 nitrogen and oxygen atoms in total. The second kappa shape index (κ2) is 5.16. The molecule has 1 fully saturated rings. The molecule has 1 aromatic heterocycles. The summed E-state index contributed by atoms with van der Waals surface area (Å²) in [5, 5.41) is 3.26. The van der Waals surface area contributed by atoms with Crippen LogP contribution in [0.4, 0.5) is 23.0 Å². The van der Waals surface area contributed by atoms with Crippen LogP contribution in [0.25, 0.3) is 5.69 Å². The molecule has 1 aliphatic rings. The molecular formula is C13H12F4N4O2S. The number of hydrogen-bond donors (Lipinski definition) is 1. The summed E-state index contributed by atoms with van der Waals surface area (Å²) in [4.78, 5) is 2.55. The Balaban J connectivity index is 2.21. The van der Waals surface area contributed by atoms with E-state index in [4.69, 9.17) is 5.73 Å². The Morgan fingerprint density at radius 1 is 1.29 bits per heavy atom. The van der Waals surface area contributed by atoms with Crippen molar-refractivity contribution in [3.63, 3.8) is 0 Å². The van der Waals surface area contributed by atoms with Crippen LogP contribution in [-0.2, 0) is 16.4 Å². The van der Waals surface area contributed by atoms with Gasteiger partial charge in [-0.05, 0) is 42.9 Å². The van der Waals surface area contributed by atoms with Crippen molar-refractivity contribution in [2.45, 2.75) is 36.8 Å². The maximum atomic E-state index is 13.6. The molecule has 1 aliphatic carbocycles. The van der Waals surface area contributed by atoms with Gasteiger partial charge in [0.1, 0.15) is 4.90 Å². The molecule has 1 heterocycles. The highest BCUT2D eigenvalue weighted by Gasteiger charge is 2.37. The van der Waals surface area contributed by atoms with Crippen molar-refractivity contribution in [2.75, 3.05) is 5.73 Å². The van der Waals surface area contributed by atoms with E-state index < -0.39 is 33.1 Å². The van der Waals surface area contributed by atoms with Gasteiger partial charge < -0.3 is 5.73 Å². The molecule has 0 spiro atoms. The number of rotatable bonds is 3. The predicted octanol–water partition coefficient (Wildman–Crippen LogP) is 2.71. The molecule has 0 amide bonds. The largest absolute Gasteiger partial charge is 0.453 e. The first-order valence-electron chi connectivity index (χ1n) is 6.88. The summed E-state index contributed by atoms with van der Waals surface area (Å²) in [5.41, 5.74) is 6.11. The van der Waals surface area contributed by atoms with Crippen molar-refractivity contribution < 1.29 is 25.5 Å². The van der Waals surface area contributed by atoms with Crippen LogP contribution < -0.4 is 5.73 Å². The molecule has 2 N–H and O–H groups in total. The average molecular weight is 364 g/mol. The van der Waals surface area contributed by atoms with Crippen LogP contribution in [0, 0.1) is 6.92 Å². The normalized spacial score (nSPS) is 15.7. The van der Waals surface area contributed by atoms with E-state index in [0.29, 0.717) is 15.8 Å². The molecular weight excluding hydrogens is 352 g/mol. The van der Waals surface area contributed by atoms with Crippen LogP contribution >= 0.6 is 0 Å². The van der Waals surface area contributed by atoms with Crippen molar-refractivity contribution in [1.29, 1.82) is 0 Å². The molecule has 0 saturated heterocycles. The van der Waals surface area contributed by atoms with Gasteiger partial charge in [0.25, 0.3) is 5.82 Å². The molecule has 1 saturated carbocycles. The van der Waals surface area contributed by atoms with Crippen LogP contribution in [0.3, 0.4) is 0 Å². The fourth-order valence-electron chi connectivity index (χ4n) is 2.47. The van der Waals surface area contributed by atoms with Crippen molar-refractivity contribution in [3.8, 4) is 5.69 Å². The van der Waals surface area contributed by atoms with Crippen LogP contribution in [0.1, 0.15) is 35.7 Å². The van der Waals surface area contributed by atoms with E-state index in [1.54, 1.807) is 6.92 Å². The lowest BCUT2D eigenvalue weighted by molar-refractivity contribution is -0.144. The predicted molar refractivity (Wildman–Crippen MR) is 75.8 cm³/mol. The van der Waals surface area contributed by atoms with Crippen LogP contribution in [-0.4, -0.2) is 23.2 Å². The van der Waals surface area contributed by atoms with Gasteiger partial charge in [0.15, 0.2) is 0 Å². The molecule has 24 heavy (non-hydrogen) atoms. The van der Waals surface area contributed by atoms with E-state index in [9.17, 15) is 25.5 Å². The Kier molecular flexibility index (Phi) is 3.59. The molecule has 2 aromatic rings. The number of aromatic nitrogens is 3. The second-order valence-corrected chi connectivity index (χ2v) is 6.91. The minimum absolute atomic E-state index is 0.0721. The molecule has 1 aromatic carbocycles. The van der Waals surface area contributed by atoms with Gasteiger partial charge in [-0.25, -0.2) is 0 Å². The Morgan fingerprint density at radius 2 is 1.92 bits per heavy atom. The third-order valence-corrected chi connectivity index (χ3v) is 4.60. The quantitative estimate of drug-likeness (QED) is 0.668. The number of anilines is 1. The second-order valence-electron chi connectivity index (χ2n) is 5.59. The number of benzene rings is 1. The van der Waals surface area contributed by atoms with Gasteiger partial charge in [-0.1, -0.05) is 6.07 Å². The van der Waals surface area contributed by atoms with Crippen LogP contribution in [0.15, 0.2) is 17.0 Å². The maximum absolute atomic E-state index is 13.6. The summed E-state index contributed by atoms with van der Waals surface area (Å²) in [6, 6.07) is 2.39. The number of nitrogens with two attached hydrogens (primary N) is 1. The number of nitrogens with zero attached hydrogens (tertiary/aromatic N) is 3. The minimum atomic E-state index is -5.04. The third kappa shape index (κ3) is 2.95. The van der Waals surface area contributed by atoms with Crippen LogP contribution in [0.5, 0.6) is 0 Å². The smallest absolute Gasteiger partial charge is 0.368 e. The number of aryl methyl sites for hydroxylation is 1. The van der Waals surface area contributed by atoms with Gasteiger partial charge in [-0.3, -0.25) is 0 Å². The molecule has 3 rings (SSSR count). The maximum Gasteiger partial charge on any atom is 0.453 e. The van der Waals surface area contributed by atoms with Crippen molar-refractivity contribution >= 4 is 16.2 Å². The van der Waals surface area contributed by atoms with Gasteiger partial charge in [0.2, 0.25) is 5.95 Å². The zero-order valence-electron chi connectivity index (χ0n) is 12.3. The Morgan fingerprint density at radius 3 is 2.38 bits per heavy atom. The van der Waals surface area contributed by atoms with Gasteiger partial charge in [-0.2, -0.15) is 31.3 Å². The first kappa shape index (κ1) is 16.7. The molecule has 0 atom stereocenters. The first-order chi connectivity index (χ1) is 11.0. The van der Waals surface area contributed by atoms with E-state index >= 15 is 0 Å². The molecule has 0 aliphatic heterocycles. The highest BCUT2D eigenvalue weighted by atomic mass is 32.3. The summed E-state index contributed by atoms with van der Waals surface area (Å²) >= 11 is 0. The van der Waals surface area contributed by atoms with Crippen molar-refractivity contribution in [3.05, 3.63) is 29.1 Å². The average Bonchev–Trinajstić information content (AvgIpc) is 3.19. The molecule has 11 heteroatoms. The lowest BCUT2D eigenvalue weighted by atomic mass is 10.1. The summed E-state index contributed by atoms with van der Waals surface area (Å²) < 4.78 is 75.2. The lowest BCUT2D eigenvalue weighted by Gasteiger charge is -2.12. The van der Waals surface area contributed by atoms with Crippen molar-refractivity contribution in [2.24, 2.45) is 0 Å². The fourth-order valence-corrected chi connectivity index (χ4v) is 3.23. The highest BCUT2D eigenvalue weighted by Crippen LogP contribution is 2.44. The Bertz CT molecular complexity index is 917. The molecule has 0 radical (unpaired) electrons. The summed E-state index contributed by atoms with van der Waals surface area (Å²) in [7, 11) is -5.04. The first-order valence-corrected chi connectivity index (χ1v) is 8.26. The summed E-state index contributed by atoms with van der Waals surface area (Å²) in [6.45, 7) is 1.55. The monoisotopic (exact) mass is 364 g/mol. The number of halogens is 4. The Hall–Kier alpha value is -2.17. The number of hydrogen-bond acceptors (Lipinski definition) is 5. The zero-order chi connectivity index (χ0) is 17.9. The fraction of sp³-hybridized carbons (Fsp3) is 0.385. The van der Waals surface area contributed by atoms with E-state index in [-0.39, 0.29) is 11.6 Å². The topological polar surface area (TPSA) is 90.9 Å². The van der Waals surface area contributed by atoms with Gasteiger partial charge in [0, 0.05) is 0 Å². The molecule has 130 valence electrons. The summed E-state index contributed by atoms with van der Waals surface area (Å²) in [5.74, 6) is -2.11. The minimum Gasteiger partial charge on any atom is -0.368 e. The zero-order valence-corrected chi connectivity index (χ0v) is 13.1.